The number of H-pyrrole nitrogens is 1. The van der Waals surface area contributed by atoms with Gasteiger partial charge in [0, 0.05) is 11.1 Å². The van der Waals surface area contributed by atoms with Crippen molar-refractivity contribution in [1.82, 2.24) is 14.8 Å². The van der Waals surface area contributed by atoms with Crippen molar-refractivity contribution in [2.45, 2.75) is 19.8 Å². The predicted molar refractivity (Wildman–Crippen MR) is 121 cm³/mol. The van der Waals surface area contributed by atoms with Gasteiger partial charge < -0.3 is 0 Å². The van der Waals surface area contributed by atoms with Gasteiger partial charge in [-0.25, -0.2) is 9.07 Å². The van der Waals surface area contributed by atoms with E-state index in [1.165, 1.54) is 35.2 Å². The van der Waals surface area contributed by atoms with E-state index >= 15 is 0 Å². The van der Waals surface area contributed by atoms with Crippen LogP contribution in [0.4, 0.5) is 4.39 Å². The minimum Gasteiger partial charge on any atom is -0.295 e. The highest BCUT2D eigenvalue weighted by atomic mass is 19.1. The average Bonchev–Trinajstić information content (AvgIpc) is 3.36. The van der Waals surface area contributed by atoms with Crippen LogP contribution in [0.3, 0.4) is 0 Å². The Hall–Kier alpha value is -4.33. The summed E-state index contributed by atoms with van der Waals surface area (Å²) in [4.78, 5) is 39.2. The van der Waals surface area contributed by atoms with E-state index in [0.717, 1.165) is 34.4 Å². The maximum atomic E-state index is 13.2. The first-order chi connectivity index (χ1) is 15.9. The van der Waals surface area contributed by atoms with E-state index in [9.17, 15) is 18.8 Å². The van der Waals surface area contributed by atoms with Crippen molar-refractivity contribution in [2.75, 3.05) is 0 Å². The van der Waals surface area contributed by atoms with E-state index in [-0.39, 0.29) is 5.56 Å². The molecular weight excluding hydrogens is 423 g/mol. The Morgan fingerprint density at radius 3 is 2.09 bits per heavy atom. The zero-order chi connectivity index (χ0) is 22.9. The number of carbonyl (C=O) groups is 2. The summed E-state index contributed by atoms with van der Waals surface area (Å²) in [6.45, 7) is 1.68. The van der Waals surface area contributed by atoms with Crippen molar-refractivity contribution in [1.29, 1.82) is 0 Å². The zero-order valence-electron chi connectivity index (χ0n) is 17.6. The molecule has 0 radical (unpaired) electrons. The number of hydrogen-bond acceptors (Lipinski definition) is 4. The van der Waals surface area contributed by atoms with Crippen LogP contribution in [-0.4, -0.2) is 32.8 Å². The standard InChI is InChI=1S/C25H17FN4O3/c1-13-20(25(33)29(28-13)17-8-6-16(26)7-9-17)12-27-30-23(31)18-10-4-14-2-3-15-5-11-19(24(30)32)22(18)21(14)15/h4-12,28H,2-3H2,1H3. The lowest BCUT2D eigenvalue weighted by Crippen LogP contribution is -2.36. The van der Waals surface area contributed by atoms with E-state index in [0.29, 0.717) is 27.9 Å². The fourth-order valence-corrected chi connectivity index (χ4v) is 4.71. The molecule has 6 rings (SSSR count). The molecule has 8 heteroatoms. The molecule has 2 amide bonds. The third kappa shape index (κ3) is 2.73. The minimum atomic E-state index is -0.522. The van der Waals surface area contributed by atoms with Crippen molar-refractivity contribution in [3.63, 3.8) is 0 Å². The van der Waals surface area contributed by atoms with Crippen LogP contribution < -0.4 is 5.56 Å². The summed E-state index contributed by atoms with van der Waals surface area (Å²) >= 11 is 0. The lowest BCUT2D eigenvalue weighted by Gasteiger charge is -2.23. The second-order valence-corrected chi connectivity index (χ2v) is 8.23. The molecule has 33 heavy (non-hydrogen) atoms. The van der Waals surface area contributed by atoms with Gasteiger partial charge in [0.05, 0.1) is 28.6 Å². The van der Waals surface area contributed by atoms with Crippen LogP contribution in [0.5, 0.6) is 0 Å². The highest BCUT2D eigenvalue weighted by Crippen LogP contribution is 2.38. The Balaban J connectivity index is 1.41. The van der Waals surface area contributed by atoms with E-state index in [1.54, 1.807) is 19.1 Å². The number of aryl methyl sites for hydroxylation is 3. The SMILES string of the molecule is Cc1[nH]n(-c2ccc(F)cc2)c(=O)c1C=NN1C(=O)c2ccc3c4c(ccc(c24)C1=O)CC3. The Morgan fingerprint density at radius 1 is 0.879 bits per heavy atom. The molecular formula is C25H17FN4O3. The predicted octanol–water partition coefficient (Wildman–Crippen LogP) is 3.50. The molecule has 1 aliphatic heterocycles. The molecule has 0 bridgehead atoms. The van der Waals surface area contributed by atoms with Crippen LogP contribution in [-0.2, 0) is 12.8 Å². The Labute approximate surface area is 186 Å². The number of halogens is 1. The second-order valence-electron chi connectivity index (χ2n) is 8.23. The number of hydrazone groups is 1. The van der Waals surface area contributed by atoms with Crippen molar-refractivity contribution >= 4 is 28.8 Å². The molecule has 0 spiro atoms. The number of benzene rings is 3. The molecule has 162 valence electrons. The number of aromatic nitrogens is 2. The summed E-state index contributed by atoms with van der Waals surface area (Å²) in [7, 11) is 0. The normalized spacial score (nSPS) is 14.8. The van der Waals surface area contributed by atoms with Gasteiger partial charge in [-0.1, -0.05) is 12.1 Å². The van der Waals surface area contributed by atoms with Crippen LogP contribution in [0.15, 0.2) is 58.4 Å². The molecule has 0 atom stereocenters. The fraction of sp³-hybridized carbons (Fsp3) is 0.120. The van der Waals surface area contributed by atoms with Gasteiger partial charge in [-0.3, -0.25) is 19.5 Å². The average molecular weight is 440 g/mol. The largest absolute Gasteiger partial charge is 0.295 e. The van der Waals surface area contributed by atoms with Crippen molar-refractivity contribution < 1.29 is 14.0 Å². The number of nitrogens with one attached hydrogen (secondary N) is 1. The van der Waals surface area contributed by atoms with Gasteiger partial charge in [-0.2, -0.15) is 10.1 Å². The van der Waals surface area contributed by atoms with Crippen LogP contribution in [0.1, 0.15) is 43.1 Å². The molecule has 2 heterocycles. The molecule has 2 aliphatic rings. The Kier molecular flexibility index (Phi) is 4.01. The number of nitrogens with zero attached hydrogens (tertiary/aromatic N) is 3. The van der Waals surface area contributed by atoms with Gasteiger partial charge in [0.2, 0.25) is 0 Å². The first kappa shape index (κ1) is 19.4. The number of aromatic amines is 1. The highest BCUT2D eigenvalue weighted by Gasteiger charge is 2.35. The molecule has 0 saturated heterocycles. The number of carbonyl (C=O) groups excluding carboxylic acids is 2. The van der Waals surface area contributed by atoms with Gasteiger partial charge in [-0.15, -0.1) is 0 Å². The van der Waals surface area contributed by atoms with Crippen LogP contribution >= 0.6 is 0 Å². The summed E-state index contributed by atoms with van der Waals surface area (Å²) in [6, 6.07) is 12.8. The summed E-state index contributed by atoms with van der Waals surface area (Å²) < 4.78 is 14.5. The molecule has 3 aromatic carbocycles. The van der Waals surface area contributed by atoms with Gasteiger partial charge in [0.25, 0.3) is 17.4 Å². The molecule has 0 unspecified atom stereocenters. The summed E-state index contributed by atoms with van der Waals surface area (Å²) in [5, 5.41) is 9.53. The van der Waals surface area contributed by atoms with Crippen molar-refractivity contribution in [2.24, 2.45) is 5.10 Å². The lowest BCUT2D eigenvalue weighted by atomic mass is 9.92. The first-order valence-corrected chi connectivity index (χ1v) is 10.5. The summed E-state index contributed by atoms with van der Waals surface area (Å²) in [5.74, 6) is -1.46. The van der Waals surface area contributed by atoms with Crippen molar-refractivity contribution in [3.05, 3.63) is 98.2 Å². The molecule has 1 aromatic heterocycles. The third-order valence-corrected chi connectivity index (χ3v) is 6.35. The number of rotatable bonds is 3. The monoisotopic (exact) mass is 440 g/mol. The lowest BCUT2D eigenvalue weighted by molar-refractivity contribution is 0.0616. The minimum absolute atomic E-state index is 0.194. The fourth-order valence-electron chi connectivity index (χ4n) is 4.71. The quantitative estimate of drug-likeness (QED) is 0.391. The molecule has 0 fully saturated rings. The third-order valence-electron chi connectivity index (χ3n) is 6.35. The smallest absolute Gasteiger partial charge is 0.282 e. The topological polar surface area (TPSA) is 87.5 Å². The molecule has 0 saturated carbocycles. The first-order valence-electron chi connectivity index (χ1n) is 10.5. The van der Waals surface area contributed by atoms with E-state index < -0.39 is 23.2 Å². The molecule has 1 N–H and O–H groups in total. The maximum Gasteiger partial charge on any atom is 0.282 e. The maximum absolute atomic E-state index is 13.2. The molecule has 7 nitrogen and oxygen atoms in total. The number of imide groups is 1. The van der Waals surface area contributed by atoms with Crippen LogP contribution in [0, 0.1) is 12.7 Å². The van der Waals surface area contributed by atoms with Crippen molar-refractivity contribution in [3.8, 4) is 5.69 Å². The van der Waals surface area contributed by atoms with Gasteiger partial charge in [0.15, 0.2) is 0 Å². The number of hydrogen-bond donors (Lipinski definition) is 1. The van der Waals surface area contributed by atoms with Gasteiger partial charge in [-0.05, 0) is 72.7 Å². The highest BCUT2D eigenvalue weighted by molar-refractivity contribution is 6.26. The van der Waals surface area contributed by atoms with E-state index in [2.05, 4.69) is 10.2 Å². The molecule has 1 aliphatic carbocycles. The Bertz CT molecular complexity index is 1540. The van der Waals surface area contributed by atoms with Crippen LogP contribution in [0.2, 0.25) is 0 Å². The van der Waals surface area contributed by atoms with Gasteiger partial charge >= 0.3 is 0 Å². The second kappa shape index (κ2) is 6.83. The summed E-state index contributed by atoms with van der Waals surface area (Å²) in [5.41, 5.74) is 3.86. The van der Waals surface area contributed by atoms with E-state index in [4.69, 9.17) is 0 Å². The zero-order valence-corrected chi connectivity index (χ0v) is 17.6. The number of amides is 2. The molecule has 4 aromatic rings. The van der Waals surface area contributed by atoms with Gasteiger partial charge in [0.1, 0.15) is 5.82 Å². The summed E-state index contributed by atoms with van der Waals surface area (Å²) in [6.07, 6.45) is 3.01. The van der Waals surface area contributed by atoms with Crippen LogP contribution in [0.25, 0.3) is 16.5 Å². The Morgan fingerprint density at radius 2 is 1.48 bits per heavy atom. The van der Waals surface area contributed by atoms with E-state index in [1.807, 2.05) is 12.1 Å².